The summed E-state index contributed by atoms with van der Waals surface area (Å²) in [7, 11) is 0. The number of carbonyl (C=O) groups is 2. The van der Waals surface area contributed by atoms with Gasteiger partial charge in [0.15, 0.2) is 0 Å². The quantitative estimate of drug-likeness (QED) is 0.627. The van der Waals surface area contributed by atoms with E-state index in [-0.39, 0.29) is 12.8 Å². The van der Waals surface area contributed by atoms with Crippen molar-refractivity contribution in [3.05, 3.63) is 60.7 Å². The molecule has 0 aromatic heterocycles. The second kappa shape index (κ2) is 9.89. The molecule has 0 saturated heterocycles. The number of urea groups is 2. The van der Waals surface area contributed by atoms with E-state index in [1.54, 1.807) is 60.7 Å². The molecular formula is C18H22N4O2. The molecule has 6 heteroatoms. The van der Waals surface area contributed by atoms with Crippen molar-refractivity contribution in [3.63, 3.8) is 0 Å². The molecule has 0 aliphatic carbocycles. The van der Waals surface area contributed by atoms with E-state index in [9.17, 15) is 9.59 Å². The Balaban J connectivity index is 1.80. The van der Waals surface area contributed by atoms with Crippen LogP contribution < -0.4 is 21.3 Å². The normalized spacial score (nSPS) is 13.5. The third-order valence-electron chi connectivity index (χ3n) is 2.84. The lowest BCUT2D eigenvalue weighted by Gasteiger charge is -2.09. The van der Waals surface area contributed by atoms with Gasteiger partial charge in [0.1, 0.15) is 0 Å². The number of rotatable bonds is 7. The second-order valence-electron chi connectivity index (χ2n) is 4.74. The van der Waals surface area contributed by atoms with Crippen LogP contribution in [0.4, 0.5) is 21.0 Å². The molecule has 0 aliphatic heterocycles. The summed E-state index contributed by atoms with van der Waals surface area (Å²) in [5, 5.41) is 9.30. The first-order chi connectivity index (χ1) is 13.2. The van der Waals surface area contributed by atoms with Crippen molar-refractivity contribution in [2.75, 3.05) is 23.6 Å². The summed E-state index contributed by atoms with van der Waals surface area (Å²) >= 11 is 0. The zero-order valence-electron chi connectivity index (χ0n) is 17.0. The van der Waals surface area contributed by atoms with Gasteiger partial charge in [0.25, 0.3) is 0 Å². The molecule has 0 saturated carbocycles. The zero-order valence-corrected chi connectivity index (χ0v) is 13.0. The van der Waals surface area contributed by atoms with Gasteiger partial charge in [-0.25, -0.2) is 9.59 Å². The minimum atomic E-state index is -2.16. The Morgan fingerprint density at radius 3 is 1.46 bits per heavy atom. The highest BCUT2D eigenvalue weighted by Gasteiger charge is 2.01. The topological polar surface area (TPSA) is 82.3 Å². The summed E-state index contributed by atoms with van der Waals surface area (Å²) < 4.78 is 31.5. The maximum Gasteiger partial charge on any atom is 0.319 e. The monoisotopic (exact) mass is 330 g/mol. The predicted molar refractivity (Wildman–Crippen MR) is 96.2 cm³/mol. The van der Waals surface area contributed by atoms with Gasteiger partial charge < -0.3 is 21.3 Å². The average molecular weight is 330 g/mol. The van der Waals surface area contributed by atoms with E-state index in [2.05, 4.69) is 21.3 Å². The standard InChI is InChI=1S/C18H22N4O2/c23-17(21-15-9-3-1-4-10-15)19-13-7-8-14-20-18(24)22-16-11-5-2-6-12-16/h1-6,9-12H,7-8,13-14H2,(H2,19,21,23)(H2,20,22,24)/i13D2,14D2. The van der Waals surface area contributed by atoms with Gasteiger partial charge in [-0.3, -0.25) is 0 Å². The first-order valence-electron chi connectivity index (χ1n) is 9.44. The lowest BCUT2D eigenvalue weighted by molar-refractivity contribution is 0.250. The maximum absolute atomic E-state index is 11.9. The first kappa shape index (κ1) is 12.4. The fourth-order valence-electron chi connectivity index (χ4n) is 1.78. The van der Waals surface area contributed by atoms with Crippen LogP contribution in [0.3, 0.4) is 0 Å². The molecular weight excluding hydrogens is 304 g/mol. The largest absolute Gasteiger partial charge is 0.338 e. The molecule has 2 rings (SSSR count). The Morgan fingerprint density at radius 2 is 1.08 bits per heavy atom. The molecule has 0 heterocycles. The van der Waals surface area contributed by atoms with Crippen LogP contribution in [0.2, 0.25) is 0 Å². The molecule has 2 aromatic carbocycles. The number of anilines is 2. The number of carbonyl (C=O) groups excluding carboxylic acids is 2. The first-order valence-corrected chi connectivity index (χ1v) is 7.44. The maximum atomic E-state index is 11.9. The number of para-hydroxylation sites is 2. The van der Waals surface area contributed by atoms with E-state index in [4.69, 9.17) is 5.48 Å². The number of nitrogens with one attached hydrogen (secondary N) is 4. The van der Waals surface area contributed by atoms with Crippen molar-refractivity contribution in [1.82, 2.24) is 10.6 Å². The molecule has 4 amide bonds. The second-order valence-corrected chi connectivity index (χ2v) is 4.74. The number of benzene rings is 2. The Morgan fingerprint density at radius 1 is 0.708 bits per heavy atom. The number of hydrogen-bond acceptors (Lipinski definition) is 2. The van der Waals surface area contributed by atoms with Crippen molar-refractivity contribution in [2.24, 2.45) is 0 Å². The molecule has 0 bridgehead atoms. The van der Waals surface area contributed by atoms with Gasteiger partial charge >= 0.3 is 12.1 Å². The SMILES string of the molecule is [2H]C([2H])(CCC([2H])([2H])NC(=O)Nc1ccccc1)NC(=O)Nc1ccccc1. The van der Waals surface area contributed by atoms with Gasteiger partial charge in [-0.1, -0.05) is 36.4 Å². The van der Waals surface area contributed by atoms with E-state index in [1.807, 2.05) is 0 Å². The minimum absolute atomic E-state index is 0.339. The van der Waals surface area contributed by atoms with Gasteiger partial charge in [-0.15, -0.1) is 0 Å². The van der Waals surface area contributed by atoms with Crippen molar-refractivity contribution in [3.8, 4) is 0 Å². The van der Waals surface area contributed by atoms with E-state index in [0.29, 0.717) is 11.4 Å². The average Bonchev–Trinajstić information content (AvgIpc) is 2.61. The molecule has 126 valence electrons. The molecule has 0 fully saturated rings. The Hall–Kier alpha value is -3.02. The predicted octanol–water partition coefficient (Wildman–Crippen LogP) is 3.41. The fraction of sp³-hybridized carbons (Fsp3) is 0.222. The van der Waals surface area contributed by atoms with Crippen LogP contribution in [0, 0.1) is 0 Å². The summed E-state index contributed by atoms with van der Waals surface area (Å²) in [6.07, 6.45) is -0.679. The Labute approximate surface area is 147 Å². The number of hydrogen-bond donors (Lipinski definition) is 4. The van der Waals surface area contributed by atoms with E-state index in [1.165, 1.54) is 0 Å². The molecule has 4 N–H and O–H groups in total. The molecule has 0 spiro atoms. The van der Waals surface area contributed by atoms with E-state index >= 15 is 0 Å². The smallest absolute Gasteiger partial charge is 0.319 e. The Kier molecular flexibility index (Phi) is 5.11. The highest BCUT2D eigenvalue weighted by atomic mass is 16.2. The van der Waals surface area contributed by atoms with Crippen LogP contribution in [0.25, 0.3) is 0 Å². The van der Waals surface area contributed by atoms with Crippen molar-refractivity contribution < 1.29 is 15.1 Å². The van der Waals surface area contributed by atoms with Gasteiger partial charge in [-0.2, -0.15) is 0 Å². The van der Waals surface area contributed by atoms with Crippen LogP contribution in [0.15, 0.2) is 60.7 Å². The molecule has 0 atom stereocenters. The summed E-state index contributed by atoms with van der Waals surface area (Å²) in [6, 6.07) is 15.6. The highest BCUT2D eigenvalue weighted by molar-refractivity contribution is 5.89. The van der Waals surface area contributed by atoms with Gasteiger partial charge in [0, 0.05) is 29.9 Å². The summed E-state index contributed by atoms with van der Waals surface area (Å²) in [6.45, 7) is -4.33. The Bertz CT molecular complexity index is 721. The lowest BCUT2D eigenvalue weighted by atomic mass is 10.3. The van der Waals surface area contributed by atoms with Crippen LogP contribution in [0.5, 0.6) is 0 Å². The number of amides is 4. The van der Waals surface area contributed by atoms with Crippen molar-refractivity contribution in [1.29, 1.82) is 0 Å². The van der Waals surface area contributed by atoms with Crippen molar-refractivity contribution in [2.45, 2.75) is 12.8 Å². The molecule has 24 heavy (non-hydrogen) atoms. The zero-order chi connectivity index (χ0) is 20.6. The molecule has 0 radical (unpaired) electrons. The molecule has 0 aliphatic rings. The third-order valence-corrected chi connectivity index (χ3v) is 2.84. The van der Waals surface area contributed by atoms with Crippen LogP contribution in [-0.4, -0.2) is 25.1 Å². The van der Waals surface area contributed by atoms with Crippen LogP contribution in [-0.2, 0) is 0 Å². The lowest BCUT2D eigenvalue weighted by Crippen LogP contribution is -2.31. The molecule has 2 aromatic rings. The minimum Gasteiger partial charge on any atom is -0.338 e. The van der Waals surface area contributed by atoms with E-state index < -0.39 is 25.1 Å². The van der Waals surface area contributed by atoms with Crippen molar-refractivity contribution >= 4 is 23.4 Å². The van der Waals surface area contributed by atoms with Gasteiger partial charge in [-0.05, 0) is 37.1 Å². The summed E-state index contributed by atoms with van der Waals surface area (Å²) in [5.41, 5.74) is 1.01. The highest BCUT2D eigenvalue weighted by Crippen LogP contribution is 2.05. The van der Waals surface area contributed by atoms with Crippen LogP contribution in [0.1, 0.15) is 18.3 Å². The summed E-state index contributed by atoms with van der Waals surface area (Å²) in [5.74, 6) is 0. The summed E-state index contributed by atoms with van der Waals surface area (Å²) in [4.78, 5) is 23.8. The van der Waals surface area contributed by atoms with Gasteiger partial charge in [0.05, 0.1) is 0 Å². The molecule has 6 nitrogen and oxygen atoms in total. The third kappa shape index (κ3) is 6.83. The molecule has 0 unspecified atom stereocenters. The van der Waals surface area contributed by atoms with Crippen LogP contribution >= 0.6 is 0 Å². The fourth-order valence-corrected chi connectivity index (χ4v) is 1.78. The van der Waals surface area contributed by atoms with E-state index in [0.717, 1.165) is 0 Å². The van der Waals surface area contributed by atoms with Gasteiger partial charge in [0.2, 0.25) is 0 Å².